The monoisotopic (exact) mass is 300 g/mol. The van der Waals surface area contributed by atoms with Crippen LogP contribution in [0.15, 0.2) is 58.3 Å². The fourth-order valence-corrected chi connectivity index (χ4v) is 4.18. The van der Waals surface area contributed by atoms with Crippen molar-refractivity contribution < 1.29 is 4.21 Å². The highest BCUT2D eigenvalue weighted by Gasteiger charge is 2.30. The highest BCUT2D eigenvalue weighted by Crippen LogP contribution is 2.38. The van der Waals surface area contributed by atoms with Gasteiger partial charge in [0.05, 0.1) is 0 Å². The van der Waals surface area contributed by atoms with Crippen LogP contribution in [-0.4, -0.2) is 16.7 Å². The molecule has 0 atom stereocenters. The van der Waals surface area contributed by atoms with Crippen LogP contribution in [0.25, 0.3) is 0 Å². The summed E-state index contributed by atoms with van der Waals surface area (Å²) < 4.78 is 13.3. The van der Waals surface area contributed by atoms with Gasteiger partial charge in [-0.25, -0.2) is 0 Å². The van der Waals surface area contributed by atoms with Crippen molar-refractivity contribution in [2.24, 2.45) is 0 Å². The number of rotatable bonds is 2. The summed E-state index contributed by atoms with van der Waals surface area (Å²) in [6, 6.07) is 14.3. The summed E-state index contributed by atoms with van der Waals surface area (Å²) in [5.74, 6) is 0. The van der Waals surface area contributed by atoms with Crippen molar-refractivity contribution in [2.45, 2.75) is 9.79 Å². The lowest BCUT2D eigenvalue weighted by Crippen LogP contribution is -2.29. The number of halogens is 2. The summed E-state index contributed by atoms with van der Waals surface area (Å²) in [5.41, 5.74) is 0. The topological polar surface area (TPSA) is 17.1 Å². The van der Waals surface area contributed by atoms with Crippen molar-refractivity contribution in [3.63, 3.8) is 0 Å². The van der Waals surface area contributed by atoms with Crippen LogP contribution in [0.1, 0.15) is 0 Å². The van der Waals surface area contributed by atoms with E-state index in [0.717, 1.165) is 9.79 Å². The van der Waals surface area contributed by atoms with E-state index >= 15 is 0 Å². The predicted octanol–water partition coefficient (Wildman–Crippen LogP) is 4.49. The summed E-state index contributed by atoms with van der Waals surface area (Å²) in [6.45, 7) is 0. The average molecular weight is 301 g/mol. The van der Waals surface area contributed by atoms with Crippen molar-refractivity contribution in [2.75, 3.05) is 12.5 Å². The first-order valence-electron chi connectivity index (χ1n) is 5.41. The molecule has 0 aliphatic carbocycles. The van der Waals surface area contributed by atoms with Gasteiger partial charge in [-0.3, -0.25) is 4.21 Å². The quantitative estimate of drug-likeness (QED) is 0.798. The predicted molar refractivity (Wildman–Crippen MR) is 79.4 cm³/mol. The fourth-order valence-electron chi connectivity index (χ4n) is 1.80. The molecule has 0 aliphatic rings. The molecule has 0 amide bonds. The van der Waals surface area contributed by atoms with Crippen LogP contribution in [-0.2, 0) is 9.07 Å². The molecule has 0 saturated carbocycles. The highest BCUT2D eigenvalue weighted by atomic mass is 35.5. The Hall–Kier alpha value is -0.830. The summed E-state index contributed by atoms with van der Waals surface area (Å²) in [4.78, 5) is 1.55. The van der Waals surface area contributed by atoms with Crippen LogP contribution in [0.3, 0.4) is 0 Å². The average Bonchev–Trinajstić information content (AvgIpc) is 2.29. The molecular weight excluding hydrogens is 287 g/mol. The lowest BCUT2D eigenvalue weighted by molar-refractivity contribution is 0.663. The summed E-state index contributed by atoms with van der Waals surface area (Å²) in [5, 5.41) is 1.27. The standard InChI is InChI=1S/C14H14Cl2OS/c1-18(2,17,13-7-3-11(15)4-8-13)14-9-5-12(16)6-10-14/h3-10H,1-2H3. The Bertz CT molecular complexity index is 572. The first-order valence-corrected chi connectivity index (χ1v) is 8.95. The van der Waals surface area contributed by atoms with Gasteiger partial charge in [0.2, 0.25) is 0 Å². The number of hydrogen-bond donors (Lipinski definition) is 0. The highest BCUT2D eigenvalue weighted by molar-refractivity contribution is 8.18. The Kier molecular flexibility index (Phi) is 3.30. The SMILES string of the molecule is CS(C)(=O)(c1ccc(Cl)cc1)c1ccc(Cl)cc1. The van der Waals surface area contributed by atoms with Crippen LogP contribution in [0, 0.1) is 0 Å². The lowest BCUT2D eigenvalue weighted by atomic mass is 10.4. The summed E-state index contributed by atoms with van der Waals surface area (Å²) in [7, 11) is -3.08. The van der Waals surface area contributed by atoms with Gasteiger partial charge in [-0.1, -0.05) is 32.3 Å². The van der Waals surface area contributed by atoms with Gasteiger partial charge in [0.25, 0.3) is 0 Å². The van der Waals surface area contributed by atoms with Crippen LogP contribution in [0.2, 0.25) is 10.0 Å². The number of hydrogen-bond acceptors (Lipinski definition) is 1. The third-order valence-corrected chi connectivity index (χ3v) is 6.79. The minimum atomic E-state index is -3.08. The molecule has 0 spiro atoms. The molecule has 2 aromatic carbocycles. The normalized spacial score (nSPS) is 13.9. The van der Waals surface area contributed by atoms with E-state index in [1.807, 2.05) is 24.3 Å². The van der Waals surface area contributed by atoms with Crippen molar-refractivity contribution >= 4 is 32.3 Å². The Labute approximate surface area is 117 Å². The minimum absolute atomic E-state index is 0.637. The van der Waals surface area contributed by atoms with Crippen LogP contribution in [0.4, 0.5) is 0 Å². The van der Waals surface area contributed by atoms with Gasteiger partial charge in [-0.15, -0.1) is 0 Å². The maximum Gasteiger partial charge on any atom is 0.0406 e. The van der Waals surface area contributed by atoms with Crippen molar-refractivity contribution in [3.05, 3.63) is 58.6 Å². The molecule has 0 heterocycles. The second kappa shape index (κ2) is 4.37. The Balaban J connectivity index is 2.60. The zero-order valence-electron chi connectivity index (χ0n) is 10.2. The third-order valence-electron chi connectivity index (χ3n) is 3.00. The zero-order chi connectivity index (χ0) is 13.4. The van der Waals surface area contributed by atoms with Gasteiger partial charge in [0.15, 0.2) is 0 Å². The Morgan fingerprint density at radius 2 is 1.00 bits per heavy atom. The van der Waals surface area contributed by atoms with Gasteiger partial charge < -0.3 is 0 Å². The molecule has 96 valence electrons. The molecule has 1 nitrogen and oxygen atoms in total. The van der Waals surface area contributed by atoms with Crippen LogP contribution >= 0.6 is 23.2 Å². The van der Waals surface area contributed by atoms with E-state index in [1.165, 1.54) is 0 Å². The van der Waals surface area contributed by atoms with Crippen LogP contribution in [0.5, 0.6) is 0 Å². The van der Waals surface area contributed by atoms with E-state index in [0.29, 0.717) is 10.0 Å². The second-order valence-corrected chi connectivity index (χ2v) is 10.2. The Morgan fingerprint density at radius 3 is 1.28 bits per heavy atom. The van der Waals surface area contributed by atoms with Crippen molar-refractivity contribution in [1.29, 1.82) is 0 Å². The molecule has 0 saturated heterocycles. The second-order valence-electron chi connectivity index (χ2n) is 4.73. The van der Waals surface area contributed by atoms with Crippen LogP contribution < -0.4 is 0 Å². The molecule has 0 aliphatic heterocycles. The van der Waals surface area contributed by atoms with Gasteiger partial charge >= 0.3 is 0 Å². The van der Waals surface area contributed by atoms with Gasteiger partial charge in [0, 0.05) is 19.8 Å². The largest absolute Gasteiger partial charge is 0.274 e. The molecule has 18 heavy (non-hydrogen) atoms. The third kappa shape index (κ3) is 2.46. The molecule has 0 bridgehead atoms. The molecular formula is C14H14Cl2OS. The minimum Gasteiger partial charge on any atom is -0.274 e. The number of benzene rings is 2. The fraction of sp³-hybridized carbons (Fsp3) is 0.143. The lowest BCUT2D eigenvalue weighted by Gasteiger charge is -2.35. The molecule has 4 heteroatoms. The molecule has 0 aromatic heterocycles. The molecule has 0 radical (unpaired) electrons. The van der Waals surface area contributed by atoms with Gasteiger partial charge in [-0.05, 0) is 61.0 Å². The van der Waals surface area contributed by atoms with Crippen molar-refractivity contribution in [1.82, 2.24) is 0 Å². The summed E-state index contributed by atoms with van der Waals surface area (Å²) in [6.07, 6.45) is 3.54. The Morgan fingerprint density at radius 1 is 0.722 bits per heavy atom. The maximum atomic E-state index is 13.3. The zero-order valence-corrected chi connectivity index (χ0v) is 12.5. The molecule has 2 aromatic rings. The first-order chi connectivity index (χ1) is 8.28. The smallest absolute Gasteiger partial charge is 0.0406 e. The summed E-state index contributed by atoms with van der Waals surface area (Å²) >= 11 is 11.7. The van der Waals surface area contributed by atoms with E-state index in [-0.39, 0.29) is 0 Å². The van der Waals surface area contributed by atoms with Crippen molar-refractivity contribution in [3.8, 4) is 0 Å². The van der Waals surface area contributed by atoms with E-state index in [9.17, 15) is 4.21 Å². The van der Waals surface area contributed by atoms with E-state index in [2.05, 4.69) is 0 Å². The molecule has 0 unspecified atom stereocenters. The van der Waals surface area contributed by atoms with E-state index < -0.39 is 9.07 Å². The molecule has 0 fully saturated rings. The van der Waals surface area contributed by atoms with Gasteiger partial charge in [0.1, 0.15) is 0 Å². The first kappa shape index (κ1) is 13.6. The van der Waals surface area contributed by atoms with E-state index in [4.69, 9.17) is 23.2 Å². The maximum absolute atomic E-state index is 13.3. The van der Waals surface area contributed by atoms with E-state index in [1.54, 1.807) is 36.8 Å². The molecule has 0 N–H and O–H groups in total. The molecule has 2 rings (SSSR count). The van der Waals surface area contributed by atoms with Gasteiger partial charge in [-0.2, -0.15) is 0 Å².